The fourth-order valence-corrected chi connectivity index (χ4v) is 9.62. The average molecular weight is 1130 g/mol. The number of aromatic nitrogens is 7. The standard InChI is InChI=1S/C21H20N4O3.C20H20N4O2.C16H24F2N4O2.2C2H6/c1-2-18-23-24-20(28-18)15-8-5-9-17(12-15)22-19(26)21(27)25-11-10-14-6-3-4-7-16(14)13-25;1-2-18-23-19(24-26-18)14-7-4-8-15(11-14)20(25)22-16-9-10-17(21-12-16)13-5-3-6-13;1-3-14-20-13(21-24-14)9-22-5-4-12(6-10(22)2)19-15(23)11-7-16(17,18)8-11;2*1-2/h3-9,12H,2,10-11,13H2,1H3,(H,22,26);4,7-13H,2-3,5-6H2,1H3,(H,22,25);10-12H,3-9H2,1-2H3,(H,19,23);2*1-2H3. The Bertz CT molecular complexity index is 3190. The molecule has 11 rings (SSSR count). The van der Waals surface area contributed by atoms with Crippen LogP contribution in [0.3, 0.4) is 0 Å². The number of benzene rings is 3. The molecule has 6 heterocycles. The van der Waals surface area contributed by atoms with Crippen LogP contribution < -0.4 is 16.0 Å². The number of rotatable bonds is 13. The molecule has 3 N–H and O–H groups in total. The molecule has 3 aromatic carbocycles. The van der Waals surface area contributed by atoms with Gasteiger partial charge in [0.05, 0.1) is 18.4 Å². The summed E-state index contributed by atoms with van der Waals surface area (Å²) in [4.78, 5) is 66.5. The second-order valence-electron chi connectivity index (χ2n) is 20.1. The van der Waals surface area contributed by atoms with Crippen molar-refractivity contribution < 1.29 is 41.4 Å². The highest BCUT2D eigenvalue weighted by atomic mass is 19.3. The topological polar surface area (TPSA) is 240 Å². The molecule has 0 spiro atoms. The first-order valence-electron chi connectivity index (χ1n) is 28.8. The van der Waals surface area contributed by atoms with Crippen LogP contribution in [0.25, 0.3) is 22.8 Å². The number of amides is 4. The Morgan fingerprint density at radius 2 is 1.44 bits per heavy atom. The third-order valence-electron chi connectivity index (χ3n) is 14.4. The molecule has 2 aliphatic carbocycles. The van der Waals surface area contributed by atoms with Gasteiger partial charge in [0.25, 0.3) is 5.91 Å². The number of piperidine rings is 1. The summed E-state index contributed by atoms with van der Waals surface area (Å²) in [5.41, 5.74) is 6.59. The maximum Gasteiger partial charge on any atom is 0.313 e. The molecule has 4 aromatic heterocycles. The molecule has 4 aliphatic rings. The van der Waals surface area contributed by atoms with Crippen LogP contribution in [-0.4, -0.2) is 100.0 Å². The van der Waals surface area contributed by atoms with Crippen molar-refractivity contribution in [1.29, 1.82) is 0 Å². The smallest absolute Gasteiger partial charge is 0.313 e. The number of nitrogens with zero attached hydrogens (tertiary/aromatic N) is 9. The lowest BCUT2D eigenvalue weighted by Crippen LogP contribution is -2.52. The fraction of sp³-hybridized carbons (Fsp3) is 0.459. The van der Waals surface area contributed by atoms with Gasteiger partial charge in [0.1, 0.15) is 0 Å². The van der Waals surface area contributed by atoms with Gasteiger partial charge >= 0.3 is 11.8 Å². The highest BCUT2D eigenvalue weighted by Gasteiger charge is 2.49. The molecule has 21 heteroatoms. The van der Waals surface area contributed by atoms with Gasteiger partial charge in [-0.2, -0.15) is 9.97 Å². The Kier molecular flexibility index (Phi) is 22.2. The maximum atomic E-state index is 12.9. The number of carbonyl (C=O) groups is 4. The molecule has 2 unspecified atom stereocenters. The molecule has 0 bridgehead atoms. The average Bonchev–Trinajstić information content (AvgIpc) is 4.34. The largest absolute Gasteiger partial charge is 0.421 e. The van der Waals surface area contributed by atoms with Gasteiger partial charge in [0.2, 0.25) is 41.2 Å². The molecule has 2 saturated carbocycles. The van der Waals surface area contributed by atoms with E-state index in [1.54, 1.807) is 41.4 Å². The lowest BCUT2D eigenvalue weighted by atomic mass is 9.80. The minimum atomic E-state index is -2.65. The highest BCUT2D eigenvalue weighted by molar-refractivity contribution is 6.39. The minimum Gasteiger partial charge on any atom is -0.421 e. The van der Waals surface area contributed by atoms with E-state index in [2.05, 4.69) is 69.3 Å². The number of alkyl halides is 2. The van der Waals surface area contributed by atoms with Crippen LogP contribution in [0.2, 0.25) is 0 Å². The normalized spacial score (nSPS) is 17.2. The van der Waals surface area contributed by atoms with E-state index in [-0.39, 0.29) is 36.7 Å². The van der Waals surface area contributed by atoms with E-state index in [9.17, 15) is 28.0 Å². The van der Waals surface area contributed by atoms with Crippen molar-refractivity contribution in [3.05, 3.63) is 137 Å². The van der Waals surface area contributed by atoms with Gasteiger partial charge in [-0.1, -0.05) is 108 Å². The van der Waals surface area contributed by atoms with Crippen LogP contribution in [0.15, 0.2) is 105 Å². The first-order chi connectivity index (χ1) is 39.7. The zero-order valence-corrected chi connectivity index (χ0v) is 48.2. The number of carbonyl (C=O) groups excluding carboxylic acids is 4. The van der Waals surface area contributed by atoms with Crippen LogP contribution in [0.4, 0.5) is 20.2 Å². The molecule has 19 nitrogen and oxygen atoms in total. The molecule has 1 saturated heterocycles. The Morgan fingerprint density at radius 3 is 2.09 bits per heavy atom. The third-order valence-corrected chi connectivity index (χ3v) is 14.4. The molecule has 7 aromatic rings. The number of hydrogen-bond acceptors (Lipinski definition) is 15. The first kappa shape index (κ1) is 61.5. The van der Waals surface area contributed by atoms with Gasteiger partial charge in [-0.05, 0) is 92.6 Å². The molecule has 2 aliphatic heterocycles. The second kappa shape index (κ2) is 29.6. The molecule has 0 radical (unpaired) electrons. The number of anilines is 2. The van der Waals surface area contributed by atoms with Crippen LogP contribution in [0, 0.1) is 5.92 Å². The van der Waals surface area contributed by atoms with Crippen molar-refractivity contribution in [2.24, 2.45) is 5.92 Å². The van der Waals surface area contributed by atoms with Crippen molar-refractivity contribution in [2.45, 2.75) is 163 Å². The number of halogens is 2. The van der Waals surface area contributed by atoms with Crippen LogP contribution in [-0.2, 0) is 53.2 Å². The van der Waals surface area contributed by atoms with E-state index in [0.29, 0.717) is 96.1 Å². The van der Waals surface area contributed by atoms with Gasteiger partial charge in [0.15, 0.2) is 5.82 Å². The van der Waals surface area contributed by atoms with Crippen molar-refractivity contribution in [2.75, 3.05) is 23.7 Å². The van der Waals surface area contributed by atoms with Gasteiger partial charge in [0, 0.05) is 104 Å². The molecule has 4 amide bonds. The monoisotopic (exact) mass is 1130 g/mol. The number of aryl methyl sites for hydroxylation is 3. The summed E-state index contributed by atoms with van der Waals surface area (Å²) in [6, 6.07) is 26.4. The summed E-state index contributed by atoms with van der Waals surface area (Å²) >= 11 is 0. The van der Waals surface area contributed by atoms with Crippen LogP contribution in [0.5, 0.6) is 0 Å². The summed E-state index contributed by atoms with van der Waals surface area (Å²) in [7, 11) is 0. The summed E-state index contributed by atoms with van der Waals surface area (Å²) in [5, 5.41) is 24.4. The minimum absolute atomic E-state index is 0.0504. The Balaban J connectivity index is 0.000000172. The van der Waals surface area contributed by atoms with E-state index in [1.165, 1.54) is 24.8 Å². The van der Waals surface area contributed by atoms with E-state index in [0.717, 1.165) is 49.0 Å². The van der Waals surface area contributed by atoms with Gasteiger partial charge in [-0.3, -0.25) is 29.1 Å². The Labute approximate surface area is 477 Å². The van der Waals surface area contributed by atoms with Gasteiger partial charge in [-0.25, -0.2) is 8.78 Å². The summed E-state index contributed by atoms with van der Waals surface area (Å²) in [6.07, 6.45) is 9.19. The lowest BCUT2D eigenvalue weighted by Gasteiger charge is -2.39. The summed E-state index contributed by atoms with van der Waals surface area (Å²) < 4.78 is 41.5. The maximum absolute atomic E-state index is 12.9. The summed E-state index contributed by atoms with van der Waals surface area (Å²) in [6.45, 7) is 18.4. The quantitative estimate of drug-likeness (QED) is 0.0910. The zero-order valence-electron chi connectivity index (χ0n) is 48.2. The van der Waals surface area contributed by atoms with Crippen molar-refractivity contribution >= 4 is 35.0 Å². The molecule has 3 fully saturated rings. The van der Waals surface area contributed by atoms with E-state index >= 15 is 0 Å². The molecular formula is C61H76F2N12O7. The van der Waals surface area contributed by atoms with Crippen LogP contribution in [0.1, 0.15) is 157 Å². The SMILES string of the molecule is CC.CC.CCc1nc(-c2cccc(C(=O)Nc3ccc(C4CCC4)nc3)c2)no1.CCc1nc(CN2CCC(NC(=O)C3CC(F)(F)C3)CC2C)no1.CCc1nnc(-c2cccc(NC(=O)C(=O)N3CCc4ccccc4C3)c2)o1. The Hall–Kier alpha value is -8.07. The van der Waals surface area contributed by atoms with Crippen molar-refractivity contribution in [3.63, 3.8) is 0 Å². The van der Waals surface area contributed by atoms with E-state index in [4.69, 9.17) is 13.5 Å². The summed E-state index contributed by atoms with van der Waals surface area (Å²) in [5.74, 6) is -0.897. The lowest BCUT2D eigenvalue weighted by molar-refractivity contribution is -0.151. The van der Waals surface area contributed by atoms with Crippen molar-refractivity contribution in [1.82, 2.24) is 50.6 Å². The second-order valence-corrected chi connectivity index (χ2v) is 20.1. The molecule has 2 atom stereocenters. The number of nitrogens with one attached hydrogen (secondary N) is 3. The van der Waals surface area contributed by atoms with Crippen LogP contribution >= 0.6 is 0 Å². The Morgan fingerprint density at radius 1 is 0.732 bits per heavy atom. The fourth-order valence-electron chi connectivity index (χ4n) is 9.62. The zero-order chi connectivity index (χ0) is 58.8. The molecule has 436 valence electrons. The highest BCUT2D eigenvalue weighted by Crippen LogP contribution is 2.42. The molecule has 82 heavy (non-hydrogen) atoms. The van der Waals surface area contributed by atoms with E-state index < -0.39 is 23.7 Å². The number of hydrogen-bond donors (Lipinski definition) is 3. The number of likely N-dealkylation sites (tertiary alicyclic amines) is 1. The predicted octanol–water partition coefficient (Wildman–Crippen LogP) is 11.2. The van der Waals surface area contributed by atoms with Gasteiger partial charge < -0.3 is 34.3 Å². The predicted molar refractivity (Wildman–Crippen MR) is 306 cm³/mol. The van der Waals surface area contributed by atoms with Gasteiger partial charge in [-0.15, -0.1) is 10.2 Å². The van der Waals surface area contributed by atoms with Crippen molar-refractivity contribution in [3.8, 4) is 22.8 Å². The first-order valence-corrected chi connectivity index (χ1v) is 28.8. The third kappa shape index (κ3) is 16.5. The number of pyridine rings is 1. The molecular weight excluding hydrogens is 1050 g/mol. The van der Waals surface area contributed by atoms with E-state index in [1.807, 2.05) is 97.0 Å². The number of fused-ring (bicyclic) bond motifs is 1.